The van der Waals surface area contributed by atoms with Crippen LogP contribution in [-0.4, -0.2) is 52.3 Å². The summed E-state index contributed by atoms with van der Waals surface area (Å²) in [5, 5.41) is 7.64. The zero-order valence-corrected chi connectivity index (χ0v) is 16.9. The summed E-state index contributed by atoms with van der Waals surface area (Å²) in [6.07, 6.45) is 6.29. The number of aromatic nitrogens is 3. The zero-order chi connectivity index (χ0) is 16.9. The van der Waals surface area contributed by atoms with E-state index in [1.54, 1.807) is 17.1 Å². The maximum atomic E-state index is 12.9. The third kappa shape index (κ3) is 4.75. The molecule has 1 aliphatic rings. The Kier molecular flexibility index (Phi) is 9.05. The fourth-order valence-corrected chi connectivity index (χ4v) is 3.37. The molecule has 0 aliphatic carbocycles. The number of likely N-dealkylation sites (tertiary alicyclic amines) is 1. The number of carbonyl (C=O) groups excluding carboxylic acids is 1. The number of hydrogen-bond donors (Lipinski definition) is 1. The second kappa shape index (κ2) is 10.5. The molecule has 0 spiro atoms. The molecule has 26 heavy (non-hydrogen) atoms. The molecule has 6 nitrogen and oxygen atoms in total. The summed E-state index contributed by atoms with van der Waals surface area (Å²) in [4.78, 5) is 19.2. The minimum Gasteiger partial charge on any atom is -0.339 e. The van der Waals surface area contributed by atoms with Gasteiger partial charge in [0.25, 0.3) is 5.91 Å². The molecule has 1 fully saturated rings. The quantitative estimate of drug-likeness (QED) is 0.839. The van der Waals surface area contributed by atoms with E-state index in [4.69, 9.17) is 0 Å². The van der Waals surface area contributed by atoms with Gasteiger partial charge in [0.15, 0.2) is 5.82 Å². The van der Waals surface area contributed by atoms with Gasteiger partial charge in [0.1, 0.15) is 0 Å². The van der Waals surface area contributed by atoms with Gasteiger partial charge in [0, 0.05) is 19.3 Å². The van der Waals surface area contributed by atoms with E-state index in [0.717, 1.165) is 50.4 Å². The average Bonchev–Trinajstić information content (AvgIpc) is 3.07. The van der Waals surface area contributed by atoms with Gasteiger partial charge in [-0.1, -0.05) is 13.0 Å². The smallest absolute Gasteiger partial charge is 0.257 e. The molecule has 3 rings (SSSR count). The minimum atomic E-state index is 0. The van der Waals surface area contributed by atoms with Crippen molar-refractivity contribution in [1.82, 2.24) is 25.0 Å². The molecule has 0 unspecified atom stereocenters. The van der Waals surface area contributed by atoms with E-state index < -0.39 is 0 Å². The summed E-state index contributed by atoms with van der Waals surface area (Å²) in [5.74, 6) is 1.51. The van der Waals surface area contributed by atoms with Gasteiger partial charge in [-0.2, -0.15) is 5.10 Å². The van der Waals surface area contributed by atoms with Crippen molar-refractivity contribution >= 4 is 30.7 Å². The summed E-state index contributed by atoms with van der Waals surface area (Å²) in [6.45, 7) is 4.72. The summed E-state index contributed by atoms with van der Waals surface area (Å²) < 4.78 is 1.78. The Morgan fingerprint density at radius 3 is 2.58 bits per heavy atom. The Labute approximate surface area is 167 Å². The third-order valence-corrected chi connectivity index (χ3v) is 4.70. The van der Waals surface area contributed by atoms with Gasteiger partial charge in [0.05, 0.1) is 17.5 Å². The molecule has 3 heterocycles. The first-order valence-corrected chi connectivity index (χ1v) is 8.66. The van der Waals surface area contributed by atoms with E-state index in [-0.39, 0.29) is 30.7 Å². The van der Waals surface area contributed by atoms with Gasteiger partial charge in [-0.25, -0.2) is 9.67 Å². The van der Waals surface area contributed by atoms with Crippen molar-refractivity contribution in [3.63, 3.8) is 0 Å². The summed E-state index contributed by atoms with van der Waals surface area (Å²) in [6, 6.07) is 5.71. The molecular formula is C18H27Cl2N5O. The second-order valence-corrected chi connectivity index (χ2v) is 6.25. The van der Waals surface area contributed by atoms with Crippen molar-refractivity contribution in [3.05, 3.63) is 41.9 Å². The monoisotopic (exact) mass is 399 g/mol. The van der Waals surface area contributed by atoms with Crippen LogP contribution in [0.25, 0.3) is 5.82 Å². The summed E-state index contributed by atoms with van der Waals surface area (Å²) >= 11 is 0. The lowest BCUT2D eigenvalue weighted by molar-refractivity contribution is 0.0690. The van der Waals surface area contributed by atoms with Crippen LogP contribution in [0.4, 0.5) is 0 Å². The van der Waals surface area contributed by atoms with Crippen LogP contribution in [0.3, 0.4) is 0 Å². The minimum absolute atomic E-state index is 0. The second-order valence-electron chi connectivity index (χ2n) is 6.25. The molecule has 1 saturated heterocycles. The van der Waals surface area contributed by atoms with Gasteiger partial charge in [0.2, 0.25) is 0 Å². The number of nitrogens with zero attached hydrogens (tertiary/aromatic N) is 4. The van der Waals surface area contributed by atoms with Crippen LogP contribution >= 0.6 is 24.8 Å². The molecule has 8 heteroatoms. The highest BCUT2D eigenvalue weighted by Crippen LogP contribution is 2.21. The van der Waals surface area contributed by atoms with Crippen molar-refractivity contribution in [2.75, 3.05) is 26.7 Å². The lowest BCUT2D eigenvalue weighted by Gasteiger charge is -2.32. The molecule has 1 aliphatic heterocycles. The average molecular weight is 400 g/mol. The Balaban J connectivity index is 0.00000169. The van der Waals surface area contributed by atoms with Gasteiger partial charge in [-0.15, -0.1) is 24.8 Å². The predicted octanol–water partition coefficient (Wildman–Crippen LogP) is 2.74. The maximum absolute atomic E-state index is 12.9. The molecule has 0 aromatic carbocycles. The van der Waals surface area contributed by atoms with E-state index in [9.17, 15) is 4.79 Å². The molecule has 144 valence electrons. The van der Waals surface area contributed by atoms with Gasteiger partial charge >= 0.3 is 0 Å². The number of rotatable bonds is 5. The van der Waals surface area contributed by atoms with Crippen molar-refractivity contribution in [2.24, 2.45) is 5.92 Å². The lowest BCUT2D eigenvalue weighted by Crippen LogP contribution is -2.40. The number of piperidine rings is 1. The van der Waals surface area contributed by atoms with Crippen LogP contribution in [0, 0.1) is 5.92 Å². The van der Waals surface area contributed by atoms with E-state index in [2.05, 4.69) is 15.4 Å². The highest BCUT2D eigenvalue weighted by molar-refractivity contribution is 5.95. The Morgan fingerprint density at radius 1 is 1.27 bits per heavy atom. The fourth-order valence-electron chi connectivity index (χ4n) is 3.37. The normalized spacial score (nSPS) is 14.5. The van der Waals surface area contributed by atoms with Crippen LogP contribution in [0.1, 0.15) is 35.8 Å². The largest absolute Gasteiger partial charge is 0.339 e. The number of hydrogen-bond acceptors (Lipinski definition) is 4. The SMILES string of the molecule is CCc1c(C(=O)N2CCC(CNC)CC2)cnn1-c1ccccn1.Cl.Cl. The number of halogens is 2. The maximum Gasteiger partial charge on any atom is 0.257 e. The van der Waals surface area contributed by atoms with E-state index in [0.29, 0.717) is 11.5 Å². The van der Waals surface area contributed by atoms with E-state index in [1.165, 1.54) is 0 Å². The van der Waals surface area contributed by atoms with Gasteiger partial charge < -0.3 is 10.2 Å². The molecule has 2 aromatic rings. The van der Waals surface area contributed by atoms with E-state index in [1.807, 2.05) is 37.1 Å². The van der Waals surface area contributed by atoms with Crippen LogP contribution < -0.4 is 5.32 Å². The molecule has 0 radical (unpaired) electrons. The topological polar surface area (TPSA) is 63.1 Å². The Bertz CT molecular complexity index is 684. The fraction of sp³-hybridized carbons (Fsp3) is 0.500. The number of carbonyl (C=O) groups is 1. The molecule has 2 aromatic heterocycles. The van der Waals surface area contributed by atoms with Crippen LogP contribution in [0.15, 0.2) is 30.6 Å². The summed E-state index contributed by atoms with van der Waals surface area (Å²) in [7, 11) is 1.98. The number of nitrogens with one attached hydrogen (secondary N) is 1. The van der Waals surface area contributed by atoms with Crippen molar-refractivity contribution in [2.45, 2.75) is 26.2 Å². The molecule has 1 N–H and O–H groups in total. The van der Waals surface area contributed by atoms with Crippen LogP contribution in [0.5, 0.6) is 0 Å². The van der Waals surface area contributed by atoms with Crippen molar-refractivity contribution in [3.8, 4) is 5.82 Å². The van der Waals surface area contributed by atoms with Gasteiger partial charge in [-0.3, -0.25) is 4.79 Å². The van der Waals surface area contributed by atoms with Crippen molar-refractivity contribution in [1.29, 1.82) is 0 Å². The van der Waals surface area contributed by atoms with Crippen LogP contribution in [-0.2, 0) is 6.42 Å². The highest BCUT2D eigenvalue weighted by atomic mass is 35.5. The Hall–Kier alpha value is -1.63. The third-order valence-electron chi connectivity index (χ3n) is 4.70. The van der Waals surface area contributed by atoms with Gasteiger partial charge in [-0.05, 0) is 50.9 Å². The molecule has 0 bridgehead atoms. The Morgan fingerprint density at radius 2 is 2.00 bits per heavy atom. The first kappa shape index (κ1) is 22.4. The zero-order valence-electron chi connectivity index (χ0n) is 15.2. The molecule has 1 amide bonds. The molecule has 0 atom stereocenters. The number of pyridine rings is 1. The number of amides is 1. The summed E-state index contributed by atoms with van der Waals surface area (Å²) in [5.41, 5.74) is 1.63. The highest BCUT2D eigenvalue weighted by Gasteiger charge is 2.26. The molecular weight excluding hydrogens is 373 g/mol. The lowest BCUT2D eigenvalue weighted by atomic mass is 9.96. The first-order chi connectivity index (χ1) is 11.7. The van der Waals surface area contributed by atoms with E-state index >= 15 is 0 Å². The first-order valence-electron chi connectivity index (χ1n) is 8.66. The molecule has 0 saturated carbocycles. The van der Waals surface area contributed by atoms with Crippen molar-refractivity contribution < 1.29 is 4.79 Å². The standard InChI is InChI=1S/C18H25N5O.2ClH/c1-3-16-15(13-21-23(16)17-6-4-5-9-20-17)18(24)22-10-7-14(8-11-22)12-19-2;;/h4-6,9,13-14,19H,3,7-8,10-12H2,1-2H3;2*1H. The predicted molar refractivity (Wildman–Crippen MR) is 108 cm³/mol. The van der Waals surface area contributed by atoms with Crippen LogP contribution in [0.2, 0.25) is 0 Å².